The van der Waals surface area contributed by atoms with E-state index in [-0.39, 0.29) is 5.91 Å². The van der Waals surface area contributed by atoms with Gasteiger partial charge in [0.25, 0.3) is 0 Å². The van der Waals surface area contributed by atoms with E-state index in [0.29, 0.717) is 31.5 Å². The van der Waals surface area contributed by atoms with E-state index < -0.39 is 11.6 Å². The monoisotopic (exact) mass is 242 g/mol. The Bertz CT molecular complexity index is 396. The van der Waals surface area contributed by atoms with Gasteiger partial charge in [-0.1, -0.05) is 6.07 Å². The lowest BCUT2D eigenvalue weighted by Gasteiger charge is -2.16. The number of hydrogen-bond donors (Lipinski definition) is 1. The van der Waals surface area contributed by atoms with Gasteiger partial charge in [-0.2, -0.15) is 0 Å². The minimum Gasteiger partial charge on any atom is -0.345 e. The largest absolute Gasteiger partial charge is 0.345 e. The first-order chi connectivity index (χ1) is 8.04. The Hall–Kier alpha value is -1.49. The van der Waals surface area contributed by atoms with Crippen molar-refractivity contribution in [3.63, 3.8) is 0 Å². The summed E-state index contributed by atoms with van der Waals surface area (Å²) in [5.41, 5.74) is 5.94. The molecule has 0 spiro atoms. The number of nitrogens with zero attached hydrogens (tertiary/aromatic N) is 1. The fourth-order valence-electron chi connectivity index (χ4n) is 1.43. The molecule has 0 aliphatic heterocycles. The molecule has 0 saturated heterocycles. The van der Waals surface area contributed by atoms with Crippen LogP contribution in [-0.4, -0.2) is 30.9 Å². The molecule has 0 aliphatic rings. The highest BCUT2D eigenvalue weighted by Crippen LogP contribution is 2.09. The van der Waals surface area contributed by atoms with Gasteiger partial charge in [0.1, 0.15) is 0 Å². The summed E-state index contributed by atoms with van der Waals surface area (Å²) in [4.78, 5) is 12.9. The summed E-state index contributed by atoms with van der Waals surface area (Å²) >= 11 is 0. The summed E-state index contributed by atoms with van der Waals surface area (Å²) < 4.78 is 25.6. The standard InChI is InChI=1S/C12H16F2N2O/c1-16(12(17)4-6-15)7-5-9-2-3-10(13)11(14)8-9/h2-3,8H,4-7,15H2,1H3. The van der Waals surface area contributed by atoms with Crippen molar-refractivity contribution in [1.82, 2.24) is 4.90 Å². The van der Waals surface area contributed by atoms with Gasteiger partial charge in [-0.25, -0.2) is 8.78 Å². The third kappa shape index (κ3) is 4.11. The molecular formula is C12H16F2N2O. The van der Waals surface area contributed by atoms with Crippen LogP contribution in [0.3, 0.4) is 0 Å². The molecule has 1 aromatic carbocycles. The Labute approximate surface area is 99.2 Å². The predicted molar refractivity (Wildman–Crippen MR) is 61.4 cm³/mol. The molecule has 1 aromatic rings. The average Bonchev–Trinajstić information content (AvgIpc) is 2.30. The van der Waals surface area contributed by atoms with E-state index in [4.69, 9.17) is 5.73 Å². The zero-order valence-corrected chi connectivity index (χ0v) is 9.75. The molecule has 1 amide bonds. The van der Waals surface area contributed by atoms with Crippen LogP contribution in [0.4, 0.5) is 8.78 Å². The molecule has 2 N–H and O–H groups in total. The van der Waals surface area contributed by atoms with Crippen molar-refractivity contribution in [2.24, 2.45) is 5.73 Å². The number of rotatable bonds is 5. The van der Waals surface area contributed by atoms with Gasteiger partial charge >= 0.3 is 0 Å². The number of likely N-dealkylation sites (N-methyl/N-ethyl adjacent to an activating group) is 1. The molecule has 0 saturated carbocycles. The van der Waals surface area contributed by atoms with E-state index in [0.717, 1.165) is 12.1 Å². The highest BCUT2D eigenvalue weighted by molar-refractivity contribution is 5.76. The van der Waals surface area contributed by atoms with Crippen LogP contribution < -0.4 is 5.73 Å². The third-order valence-electron chi connectivity index (χ3n) is 2.50. The number of amides is 1. The zero-order valence-electron chi connectivity index (χ0n) is 9.75. The average molecular weight is 242 g/mol. The molecule has 5 heteroatoms. The normalized spacial score (nSPS) is 10.4. The quantitative estimate of drug-likeness (QED) is 0.846. The van der Waals surface area contributed by atoms with E-state index >= 15 is 0 Å². The molecule has 0 heterocycles. The van der Waals surface area contributed by atoms with Crippen LogP contribution in [0.5, 0.6) is 0 Å². The Morgan fingerprint density at radius 3 is 2.65 bits per heavy atom. The van der Waals surface area contributed by atoms with Crippen LogP contribution in [0, 0.1) is 11.6 Å². The number of carbonyl (C=O) groups excluding carboxylic acids is 1. The van der Waals surface area contributed by atoms with Crippen LogP contribution in [0.2, 0.25) is 0 Å². The SMILES string of the molecule is CN(CCc1ccc(F)c(F)c1)C(=O)CCN. The molecular weight excluding hydrogens is 226 g/mol. The van der Waals surface area contributed by atoms with E-state index in [9.17, 15) is 13.6 Å². The van der Waals surface area contributed by atoms with Crippen molar-refractivity contribution in [2.75, 3.05) is 20.1 Å². The van der Waals surface area contributed by atoms with Crippen molar-refractivity contribution >= 4 is 5.91 Å². The number of halogens is 2. The summed E-state index contributed by atoms with van der Waals surface area (Å²) in [6, 6.07) is 3.75. The fraction of sp³-hybridized carbons (Fsp3) is 0.417. The zero-order chi connectivity index (χ0) is 12.8. The Balaban J connectivity index is 2.50. The first-order valence-corrected chi connectivity index (χ1v) is 5.42. The van der Waals surface area contributed by atoms with Gasteiger partial charge in [-0.3, -0.25) is 4.79 Å². The molecule has 94 valence electrons. The number of hydrogen-bond acceptors (Lipinski definition) is 2. The fourth-order valence-corrected chi connectivity index (χ4v) is 1.43. The Kier molecular flexibility index (Phi) is 5.03. The van der Waals surface area contributed by atoms with Crippen LogP contribution in [0.25, 0.3) is 0 Å². The van der Waals surface area contributed by atoms with Gasteiger partial charge in [0.05, 0.1) is 0 Å². The number of nitrogens with two attached hydrogens (primary N) is 1. The van der Waals surface area contributed by atoms with E-state index in [1.807, 2.05) is 0 Å². The first-order valence-electron chi connectivity index (χ1n) is 5.42. The van der Waals surface area contributed by atoms with Crippen molar-refractivity contribution in [3.05, 3.63) is 35.4 Å². The molecule has 1 rings (SSSR count). The maximum atomic E-state index is 12.9. The van der Waals surface area contributed by atoms with Crippen LogP contribution >= 0.6 is 0 Å². The second-order valence-corrected chi connectivity index (χ2v) is 3.85. The molecule has 0 radical (unpaired) electrons. The van der Waals surface area contributed by atoms with E-state index in [1.54, 1.807) is 7.05 Å². The number of carbonyl (C=O) groups is 1. The van der Waals surface area contributed by atoms with Crippen molar-refractivity contribution < 1.29 is 13.6 Å². The summed E-state index contributed by atoms with van der Waals surface area (Å²) in [6.45, 7) is 0.776. The first kappa shape index (κ1) is 13.6. The summed E-state index contributed by atoms with van der Waals surface area (Å²) in [6.07, 6.45) is 0.790. The smallest absolute Gasteiger partial charge is 0.223 e. The summed E-state index contributed by atoms with van der Waals surface area (Å²) in [5, 5.41) is 0. The van der Waals surface area contributed by atoms with Crippen LogP contribution in [0.15, 0.2) is 18.2 Å². The molecule has 17 heavy (non-hydrogen) atoms. The van der Waals surface area contributed by atoms with Gasteiger partial charge in [-0.15, -0.1) is 0 Å². The highest BCUT2D eigenvalue weighted by Gasteiger charge is 2.08. The van der Waals surface area contributed by atoms with Crippen LogP contribution in [0.1, 0.15) is 12.0 Å². The minimum absolute atomic E-state index is 0.0462. The Morgan fingerprint density at radius 1 is 1.35 bits per heavy atom. The van der Waals surface area contributed by atoms with Gasteiger partial charge in [-0.05, 0) is 24.1 Å². The molecule has 0 atom stereocenters. The summed E-state index contributed by atoms with van der Waals surface area (Å²) in [7, 11) is 1.66. The summed E-state index contributed by atoms with van der Waals surface area (Å²) in [5.74, 6) is -1.77. The molecule has 3 nitrogen and oxygen atoms in total. The van der Waals surface area contributed by atoms with E-state index in [2.05, 4.69) is 0 Å². The van der Waals surface area contributed by atoms with Crippen LogP contribution in [-0.2, 0) is 11.2 Å². The second kappa shape index (κ2) is 6.30. The lowest BCUT2D eigenvalue weighted by Crippen LogP contribution is -2.30. The topological polar surface area (TPSA) is 46.3 Å². The lowest BCUT2D eigenvalue weighted by atomic mass is 10.1. The van der Waals surface area contributed by atoms with Gasteiger partial charge < -0.3 is 10.6 Å². The molecule has 0 aromatic heterocycles. The van der Waals surface area contributed by atoms with E-state index in [1.165, 1.54) is 11.0 Å². The molecule has 0 unspecified atom stereocenters. The third-order valence-corrected chi connectivity index (χ3v) is 2.50. The maximum Gasteiger partial charge on any atom is 0.223 e. The lowest BCUT2D eigenvalue weighted by molar-refractivity contribution is -0.129. The second-order valence-electron chi connectivity index (χ2n) is 3.85. The molecule has 0 aliphatic carbocycles. The van der Waals surface area contributed by atoms with Gasteiger partial charge in [0, 0.05) is 26.6 Å². The van der Waals surface area contributed by atoms with Crippen molar-refractivity contribution in [3.8, 4) is 0 Å². The van der Waals surface area contributed by atoms with Crippen molar-refractivity contribution in [1.29, 1.82) is 0 Å². The minimum atomic E-state index is -0.863. The van der Waals surface area contributed by atoms with Gasteiger partial charge in [0.15, 0.2) is 11.6 Å². The molecule has 0 fully saturated rings. The van der Waals surface area contributed by atoms with Gasteiger partial charge in [0.2, 0.25) is 5.91 Å². The maximum absolute atomic E-state index is 12.9. The molecule has 0 bridgehead atoms. The number of benzene rings is 1. The highest BCUT2D eigenvalue weighted by atomic mass is 19.2. The Morgan fingerprint density at radius 2 is 2.06 bits per heavy atom. The van der Waals surface area contributed by atoms with Crippen molar-refractivity contribution in [2.45, 2.75) is 12.8 Å². The predicted octanol–water partition coefficient (Wildman–Crippen LogP) is 1.31.